The van der Waals surface area contributed by atoms with Gasteiger partial charge in [0.1, 0.15) is 0 Å². The lowest BCUT2D eigenvalue weighted by Crippen LogP contribution is -2.42. The van der Waals surface area contributed by atoms with Crippen molar-refractivity contribution in [2.45, 2.75) is 65.5 Å². The van der Waals surface area contributed by atoms with Gasteiger partial charge in [0.25, 0.3) is 0 Å². The van der Waals surface area contributed by atoms with Gasteiger partial charge in [-0.15, -0.1) is 0 Å². The zero-order valence-corrected chi connectivity index (χ0v) is 14.1. The van der Waals surface area contributed by atoms with E-state index in [2.05, 4.69) is 4.52 Å². The third kappa shape index (κ3) is 11.2. The van der Waals surface area contributed by atoms with Crippen molar-refractivity contribution in [3.05, 3.63) is 0 Å². The average molecular weight is 328 g/mol. The molecule has 2 N–H and O–H groups in total. The second-order valence-electron chi connectivity index (χ2n) is 4.69. The van der Waals surface area contributed by atoms with E-state index >= 15 is 0 Å². The molecule has 0 atom stereocenters. The van der Waals surface area contributed by atoms with Crippen molar-refractivity contribution >= 4 is 7.82 Å². The first-order chi connectivity index (χ1) is 9.89. The van der Waals surface area contributed by atoms with E-state index in [9.17, 15) is 4.57 Å². The number of phosphoric acid groups is 1. The molecule has 0 amide bonds. The molecular formula is C13H29O7P. The molecule has 21 heavy (non-hydrogen) atoms. The van der Waals surface area contributed by atoms with Crippen LogP contribution in [0.25, 0.3) is 0 Å². The molecule has 0 saturated carbocycles. The van der Waals surface area contributed by atoms with Gasteiger partial charge in [0.2, 0.25) is 0 Å². The van der Waals surface area contributed by atoms with E-state index in [4.69, 9.17) is 24.0 Å². The SMILES string of the molecule is CCCCOC(OCCCC)(OCCCC)OP(=O)(O)O. The van der Waals surface area contributed by atoms with Crippen molar-refractivity contribution in [3.63, 3.8) is 0 Å². The summed E-state index contributed by atoms with van der Waals surface area (Å²) in [5, 5.41) is 0. The molecule has 0 aromatic heterocycles. The predicted octanol–water partition coefficient (Wildman–Crippen LogP) is 3.16. The third-order valence-corrected chi connectivity index (χ3v) is 3.02. The van der Waals surface area contributed by atoms with Gasteiger partial charge in [0.15, 0.2) is 0 Å². The van der Waals surface area contributed by atoms with E-state index in [0.29, 0.717) is 19.3 Å². The maximum atomic E-state index is 11.2. The van der Waals surface area contributed by atoms with Crippen LogP contribution in [-0.4, -0.2) is 35.8 Å². The minimum Gasteiger partial charge on any atom is -0.303 e. The van der Waals surface area contributed by atoms with E-state index in [1.165, 1.54) is 0 Å². The Hall–Kier alpha value is -0.0100. The van der Waals surface area contributed by atoms with Crippen LogP contribution in [0.5, 0.6) is 0 Å². The normalized spacial score (nSPS) is 12.8. The summed E-state index contributed by atoms with van der Waals surface area (Å²) in [6, 6.07) is 0. The lowest BCUT2D eigenvalue weighted by molar-refractivity contribution is -0.474. The van der Waals surface area contributed by atoms with Gasteiger partial charge in [0, 0.05) is 0 Å². The highest BCUT2D eigenvalue weighted by atomic mass is 31.2. The quantitative estimate of drug-likeness (QED) is 0.287. The van der Waals surface area contributed by atoms with Crippen LogP contribution in [-0.2, 0) is 23.3 Å². The van der Waals surface area contributed by atoms with Crippen molar-refractivity contribution in [1.29, 1.82) is 0 Å². The Morgan fingerprint density at radius 1 is 0.810 bits per heavy atom. The highest BCUT2D eigenvalue weighted by molar-refractivity contribution is 7.46. The van der Waals surface area contributed by atoms with E-state index in [-0.39, 0.29) is 19.8 Å². The summed E-state index contributed by atoms with van der Waals surface area (Å²) in [5.74, 6) is 0. The molecular weight excluding hydrogens is 299 g/mol. The lowest BCUT2D eigenvalue weighted by Gasteiger charge is -2.32. The molecule has 0 saturated heterocycles. The summed E-state index contributed by atoms with van der Waals surface area (Å²) in [5.41, 5.74) is 0. The fourth-order valence-corrected chi connectivity index (χ4v) is 1.82. The fourth-order valence-electron chi connectivity index (χ4n) is 1.37. The predicted molar refractivity (Wildman–Crippen MR) is 78.4 cm³/mol. The van der Waals surface area contributed by atoms with Crippen LogP contribution in [0.15, 0.2) is 0 Å². The van der Waals surface area contributed by atoms with E-state index in [0.717, 1.165) is 19.3 Å². The maximum Gasteiger partial charge on any atom is 0.475 e. The molecule has 0 aromatic carbocycles. The Morgan fingerprint density at radius 3 is 1.38 bits per heavy atom. The van der Waals surface area contributed by atoms with Crippen molar-refractivity contribution in [2.75, 3.05) is 19.8 Å². The molecule has 0 radical (unpaired) electrons. The Kier molecular flexibility index (Phi) is 11.5. The standard InChI is InChI=1S/C13H29O7P/c1-4-7-10-17-13(18-11-8-5-2,19-12-9-6-3)20-21(14,15)16/h4-12H2,1-3H3,(H2,14,15,16). The Labute approximate surface area is 127 Å². The van der Waals surface area contributed by atoms with Crippen LogP contribution >= 0.6 is 7.82 Å². The molecule has 0 fully saturated rings. The molecule has 0 rings (SSSR count). The molecule has 0 aromatic rings. The highest BCUT2D eigenvalue weighted by Crippen LogP contribution is 2.43. The first-order valence-electron chi connectivity index (χ1n) is 7.57. The summed E-state index contributed by atoms with van der Waals surface area (Å²) in [6.45, 7) is 6.62. The number of hydrogen-bond donors (Lipinski definition) is 2. The monoisotopic (exact) mass is 328 g/mol. The zero-order chi connectivity index (χ0) is 16.2. The van der Waals surface area contributed by atoms with E-state index < -0.39 is 14.0 Å². The number of unbranched alkanes of at least 4 members (excludes halogenated alkanes) is 3. The second-order valence-corrected chi connectivity index (χ2v) is 5.85. The van der Waals surface area contributed by atoms with Crippen LogP contribution in [0.4, 0.5) is 0 Å². The number of rotatable bonds is 14. The summed E-state index contributed by atoms with van der Waals surface area (Å²) in [6.07, 6.45) is 2.61. The van der Waals surface area contributed by atoms with Gasteiger partial charge in [-0.1, -0.05) is 40.0 Å². The molecule has 128 valence electrons. The van der Waals surface area contributed by atoms with Gasteiger partial charge in [-0.25, -0.2) is 9.09 Å². The molecule has 0 bridgehead atoms. The summed E-state index contributed by atoms with van der Waals surface area (Å²) in [4.78, 5) is 18.1. The molecule has 0 aliphatic rings. The van der Waals surface area contributed by atoms with Crippen LogP contribution in [0.1, 0.15) is 59.3 Å². The smallest absolute Gasteiger partial charge is 0.303 e. The largest absolute Gasteiger partial charge is 0.475 e. The summed E-state index contributed by atoms with van der Waals surface area (Å²) < 4.78 is 32.0. The van der Waals surface area contributed by atoms with Crippen LogP contribution in [0.2, 0.25) is 0 Å². The summed E-state index contributed by atoms with van der Waals surface area (Å²) in [7, 11) is -4.81. The minimum absolute atomic E-state index is 0.231. The molecule has 8 heteroatoms. The van der Waals surface area contributed by atoms with Gasteiger partial charge in [-0.3, -0.25) is 0 Å². The second kappa shape index (κ2) is 11.5. The molecule has 0 aliphatic carbocycles. The van der Waals surface area contributed by atoms with Gasteiger partial charge in [-0.05, 0) is 19.3 Å². The van der Waals surface area contributed by atoms with Crippen LogP contribution < -0.4 is 0 Å². The average Bonchev–Trinajstić information content (AvgIpc) is 2.38. The Bertz CT molecular complexity index is 266. The number of phosphoric ester groups is 1. The van der Waals surface area contributed by atoms with Gasteiger partial charge in [0.05, 0.1) is 19.8 Å². The molecule has 0 spiro atoms. The molecule has 7 nitrogen and oxygen atoms in total. The Morgan fingerprint density at radius 2 is 1.14 bits per heavy atom. The number of hydrogen-bond acceptors (Lipinski definition) is 5. The molecule has 0 aliphatic heterocycles. The van der Waals surface area contributed by atoms with E-state index in [1.54, 1.807) is 0 Å². The number of ether oxygens (including phenoxy) is 3. The zero-order valence-electron chi connectivity index (χ0n) is 13.2. The summed E-state index contributed by atoms with van der Waals surface area (Å²) >= 11 is 0. The lowest BCUT2D eigenvalue weighted by atomic mass is 10.3. The first-order valence-corrected chi connectivity index (χ1v) is 9.10. The van der Waals surface area contributed by atoms with Gasteiger partial charge in [-0.2, -0.15) is 0 Å². The first kappa shape index (κ1) is 21.0. The van der Waals surface area contributed by atoms with Crippen molar-refractivity contribution in [3.8, 4) is 0 Å². The van der Waals surface area contributed by atoms with Gasteiger partial charge < -0.3 is 24.0 Å². The Balaban J connectivity index is 4.82. The van der Waals surface area contributed by atoms with Crippen LogP contribution in [0, 0.1) is 0 Å². The topological polar surface area (TPSA) is 94.5 Å². The molecule has 0 unspecified atom stereocenters. The van der Waals surface area contributed by atoms with Crippen molar-refractivity contribution in [2.24, 2.45) is 0 Å². The van der Waals surface area contributed by atoms with Crippen molar-refractivity contribution in [1.82, 2.24) is 0 Å². The van der Waals surface area contributed by atoms with E-state index in [1.807, 2.05) is 20.8 Å². The van der Waals surface area contributed by atoms with Crippen LogP contribution in [0.3, 0.4) is 0 Å². The van der Waals surface area contributed by atoms with Crippen molar-refractivity contribution < 1.29 is 33.1 Å². The highest BCUT2D eigenvalue weighted by Gasteiger charge is 2.42. The third-order valence-electron chi connectivity index (χ3n) is 2.56. The minimum atomic E-state index is -4.81. The molecule has 0 heterocycles. The van der Waals surface area contributed by atoms with Gasteiger partial charge >= 0.3 is 14.0 Å². The maximum absolute atomic E-state index is 11.2. The fraction of sp³-hybridized carbons (Fsp3) is 1.00.